The smallest absolute Gasteiger partial charge is 0.303 e. The highest BCUT2D eigenvalue weighted by Crippen LogP contribution is 2.19. The van der Waals surface area contributed by atoms with Crippen LogP contribution in [0.3, 0.4) is 0 Å². The van der Waals surface area contributed by atoms with Crippen molar-refractivity contribution in [2.75, 3.05) is 13.1 Å². The average Bonchev–Trinajstić information content (AvgIpc) is 1.93. The van der Waals surface area contributed by atoms with Gasteiger partial charge in [-0.15, -0.1) is 0 Å². The molecule has 1 rings (SSSR count). The first kappa shape index (κ1) is 10.8. The molecule has 0 aliphatic carbocycles. The zero-order chi connectivity index (χ0) is 10.7. The maximum Gasteiger partial charge on any atom is 0.303 e. The van der Waals surface area contributed by atoms with Crippen LogP contribution in [0, 0.1) is 5.92 Å². The Balaban J connectivity index is 2.31. The first-order valence-corrected chi connectivity index (χ1v) is 4.64. The van der Waals surface area contributed by atoms with E-state index in [1.165, 1.54) is 0 Å². The van der Waals surface area contributed by atoms with Gasteiger partial charge in [0.25, 0.3) is 0 Å². The molecule has 0 aromatic carbocycles. The Kier molecular flexibility index (Phi) is 3.28. The molecule has 1 heterocycles. The van der Waals surface area contributed by atoms with Gasteiger partial charge in [0, 0.05) is 25.1 Å². The second kappa shape index (κ2) is 4.26. The first-order chi connectivity index (χ1) is 6.49. The van der Waals surface area contributed by atoms with Gasteiger partial charge in [0.2, 0.25) is 5.91 Å². The second-order valence-electron chi connectivity index (χ2n) is 3.93. The number of hydrogen-bond donors (Lipinski definition) is 1. The lowest BCUT2D eigenvalue weighted by molar-refractivity contribution is -0.143. The average molecular weight is 197 g/mol. The number of hydrogen-bond acceptors (Lipinski definition) is 2. The van der Waals surface area contributed by atoms with Gasteiger partial charge in [-0.3, -0.25) is 9.59 Å². The molecule has 1 fully saturated rings. The number of carboxylic acid groups (broad SMARTS) is 1. The summed E-state index contributed by atoms with van der Waals surface area (Å²) in [5.74, 6) is -0.655. The topological polar surface area (TPSA) is 57.6 Å². The van der Waals surface area contributed by atoms with Crippen molar-refractivity contribution in [2.24, 2.45) is 5.92 Å². The van der Waals surface area contributed by atoms with Crippen LogP contribution in [0.15, 0.2) is 11.6 Å². The molecule has 0 spiro atoms. The third kappa shape index (κ3) is 2.87. The SMILES string of the molecule is CC(C)=CC(=O)N1CC(CC(=O)O)C1. The summed E-state index contributed by atoms with van der Waals surface area (Å²) in [5, 5.41) is 8.50. The Morgan fingerprint density at radius 2 is 2.00 bits per heavy atom. The highest BCUT2D eigenvalue weighted by atomic mass is 16.4. The fraction of sp³-hybridized carbons (Fsp3) is 0.600. The molecule has 1 saturated heterocycles. The number of carbonyl (C=O) groups excluding carboxylic acids is 1. The molecule has 0 atom stereocenters. The molecule has 0 bridgehead atoms. The van der Waals surface area contributed by atoms with Crippen LogP contribution in [-0.2, 0) is 9.59 Å². The van der Waals surface area contributed by atoms with Crippen LogP contribution in [0.1, 0.15) is 20.3 Å². The van der Waals surface area contributed by atoms with Crippen LogP contribution in [0.5, 0.6) is 0 Å². The molecule has 78 valence electrons. The van der Waals surface area contributed by atoms with E-state index in [4.69, 9.17) is 5.11 Å². The molecule has 0 radical (unpaired) electrons. The molecule has 1 aliphatic rings. The van der Waals surface area contributed by atoms with Gasteiger partial charge in [-0.2, -0.15) is 0 Å². The summed E-state index contributed by atoms with van der Waals surface area (Å²) in [4.78, 5) is 23.4. The highest BCUT2D eigenvalue weighted by molar-refractivity contribution is 5.88. The summed E-state index contributed by atoms with van der Waals surface area (Å²) >= 11 is 0. The third-order valence-electron chi connectivity index (χ3n) is 2.14. The van der Waals surface area contributed by atoms with Gasteiger partial charge < -0.3 is 10.0 Å². The maximum absolute atomic E-state index is 11.4. The Labute approximate surface area is 83.2 Å². The lowest BCUT2D eigenvalue weighted by Crippen LogP contribution is -2.50. The van der Waals surface area contributed by atoms with Crippen LogP contribution in [-0.4, -0.2) is 35.0 Å². The van der Waals surface area contributed by atoms with Gasteiger partial charge in [-0.25, -0.2) is 0 Å². The van der Waals surface area contributed by atoms with Crippen molar-refractivity contribution in [3.8, 4) is 0 Å². The number of carboxylic acids is 1. The van der Waals surface area contributed by atoms with E-state index in [0.717, 1.165) is 5.57 Å². The number of rotatable bonds is 3. The normalized spacial score (nSPS) is 16.0. The molecule has 1 aliphatic heterocycles. The van der Waals surface area contributed by atoms with Crippen molar-refractivity contribution in [1.82, 2.24) is 4.90 Å². The first-order valence-electron chi connectivity index (χ1n) is 4.64. The molecule has 0 aromatic heterocycles. The summed E-state index contributed by atoms with van der Waals surface area (Å²) in [6, 6.07) is 0. The lowest BCUT2D eigenvalue weighted by atomic mass is 9.96. The maximum atomic E-state index is 11.4. The number of amides is 1. The Morgan fingerprint density at radius 1 is 1.43 bits per heavy atom. The van der Waals surface area contributed by atoms with Crippen LogP contribution in [0.25, 0.3) is 0 Å². The zero-order valence-electron chi connectivity index (χ0n) is 8.49. The van der Waals surface area contributed by atoms with Gasteiger partial charge in [-0.05, 0) is 13.8 Å². The number of aliphatic carboxylic acids is 1. The molecule has 1 N–H and O–H groups in total. The van der Waals surface area contributed by atoms with E-state index in [2.05, 4.69) is 0 Å². The Bertz CT molecular complexity index is 273. The monoisotopic (exact) mass is 197 g/mol. The quantitative estimate of drug-likeness (QED) is 0.683. The van der Waals surface area contributed by atoms with Gasteiger partial charge >= 0.3 is 5.97 Å². The van der Waals surface area contributed by atoms with Gasteiger partial charge in [0.1, 0.15) is 0 Å². The standard InChI is InChI=1S/C10H15NO3/c1-7(2)3-9(12)11-5-8(6-11)4-10(13)14/h3,8H,4-6H2,1-2H3,(H,13,14). The van der Waals surface area contributed by atoms with Crippen LogP contribution in [0.4, 0.5) is 0 Å². The van der Waals surface area contributed by atoms with Crippen molar-refractivity contribution in [1.29, 1.82) is 0 Å². The predicted octanol–water partition coefficient (Wildman–Crippen LogP) is 0.886. The third-order valence-corrected chi connectivity index (χ3v) is 2.14. The van der Waals surface area contributed by atoms with E-state index >= 15 is 0 Å². The minimum absolute atomic E-state index is 0.00774. The molecule has 0 saturated carbocycles. The summed E-state index contributed by atoms with van der Waals surface area (Å²) in [6.07, 6.45) is 1.75. The summed E-state index contributed by atoms with van der Waals surface area (Å²) < 4.78 is 0. The van der Waals surface area contributed by atoms with Crippen molar-refractivity contribution in [2.45, 2.75) is 20.3 Å². The second-order valence-corrected chi connectivity index (χ2v) is 3.93. The van der Waals surface area contributed by atoms with Crippen molar-refractivity contribution >= 4 is 11.9 Å². The lowest BCUT2D eigenvalue weighted by Gasteiger charge is -2.38. The molecule has 0 unspecified atom stereocenters. The van der Waals surface area contributed by atoms with Crippen LogP contribution in [0.2, 0.25) is 0 Å². The zero-order valence-corrected chi connectivity index (χ0v) is 8.49. The van der Waals surface area contributed by atoms with Gasteiger partial charge in [0.15, 0.2) is 0 Å². The van der Waals surface area contributed by atoms with E-state index in [-0.39, 0.29) is 18.2 Å². The number of nitrogens with zero attached hydrogens (tertiary/aromatic N) is 1. The van der Waals surface area contributed by atoms with Crippen molar-refractivity contribution < 1.29 is 14.7 Å². The fourth-order valence-electron chi connectivity index (χ4n) is 1.46. The summed E-state index contributed by atoms with van der Waals surface area (Å²) in [7, 11) is 0. The number of likely N-dealkylation sites (tertiary alicyclic amines) is 1. The van der Waals surface area contributed by atoms with E-state index in [9.17, 15) is 9.59 Å². The van der Waals surface area contributed by atoms with Crippen LogP contribution < -0.4 is 0 Å². The molecule has 14 heavy (non-hydrogen) atoms. The van der Waals surface area contributed by atoms with Crippen molar-refractivity contribution in [3.63, 3.8) is 0 Å². The van der Waals surface area contributed by atoms with E-state index < -0.39 is 5.97 Å². The highest BCUT2D eigenvalue weighted by Gasteiger charge is 2.30. The van der Waals surface area contributed by atoms with Gasteiger partial charge in [0.05, 0.1) is 6.42 Å². The molecular formula is C10H15NO3. The predicted molar refractivity (Wildman–Crippen MR) is 51.8 cm³/mol. The minimum Gasteiger partial charge on any atom is -0.481 e. The van der Waals surface area contributed by atoms with Crippen molar-refractivity contribution in [3.05, 3.63) is 11.6 Å². The fourth-order valence-corrected chi connectivity index (χ4v) is 1.46. The molecule has 0 aromatic rings. The Hall–Kier alpha value is -1.32. The molecule has 1 amide bonds. The Morgan fingerprint density at radius 3 is 2.43 bits per heavy atom. The van der Waals surface area contributed by atoms with E-state index in [1.807, 2.05) is 13.8 Å². The summed E-state index contributed by atoms with van der Waals surface area (Å²) in [6.45, 7) is 4.89. The molecule has 4 nitrogen and oxygen atoms in total. The number of allylic oxidation sites excluding steroid dienone is 1. The molecule has 4 heteroatoms. The molecular weight excluding hydrogens is 182 g/mol. The van der Waals surface area contributed by atoms with E-state index in [1.54, 1.807) is 11.0 Å². The largest absolute Gasteiger partial charge is 0.481 e. The van der Waals surface area contributed by atoms with Crippen LogP contribution >= 0.6 is 0 Å². The summed E-state index contributed by atoms with van der Waals surface area (Å²) in [5.41, 5.74) is 0.969. The van der Waals surface area contributed by atoms with Gasteiger partial charge in [-0.1, -0.05) is 5.57 Å². The minimum atomic E-state index is -0.788. The number of carbonyl (C=O) groups is 2. The van der Waals surface area contributed by atoms with E-state index in [0.29, 0.717) is 13.1 Å².